The molecule has 0 aliphatic heterocycles. The van der Waals surface area contributed by atoms with Crippen LogP contribution in [0.5, 0.6) is 0 Å². The third-order valence-corrected chi connectivity index (χ3v) is 8.30. The third kappa shape index (κ3) is 15.9. The van der Waals surface area contributed by atoms with E-state index in [4.69, 9.17) is 22.9 Å². The molecule has 8 N–H and O–H groups in total. The highest BCUT2D eigenvalue weighted by molar-refractivity contribution is 5.94. The molecule has 0 aliphatic carbocycles. The summed E-state index contributed by atoms with van der Waals surface area (Å²) in [4.78, 5) is 43.5. The fourth-order valence-electron chi connectivity index (χ4n) is 4.89. The Kier molecular flexibility index (Phi) is 18.1. The van der Waals surface area contributed by atoms with Gasteiger partial charge in [0, 0.05) is 17.2 Å². The first-order chi connectivity index (χ1) is 25.3. The first-order valence-corrected chi connectivity index (χ1v) is 17.7. The van der Waals surface area contributed by atoms with Crippen molar-refractivity contribution >= 4 is 23.6 Å². The average molecular weight is 797 g/mol. The average Bonchev–Trinajstić information content (AvgIpc) is 3.03. The Hall–Kier alpha value is -5.52. The van der Waals surface area contributed by atoms with Crippen molar-refractivity contribution in [3.63, 3.8) is 0 Å². The van der Waals surface area contributed by atoms with Crippen molar-refractivity contribution in [3.8, 4) is 0 Å². The van der Waals surface area contributed by atoms with Gasteiger partial charge in [0.15, 0.2) is 0 Å². The highest BCUT2D eigenvalue weighted by Crippen LogP contribution is 2.28. The van der Waals surface area contributed by atoms with Crippen molar-refractivity contribution in [2.24, 2.45) is 22.9 Å². The molecule has 0 heterocycles. The molecule has 4 rings (SSSR count). The van der Waals surface area contributed by atoms with E-state index in [-0.39, 0.29) is 52.1 Å². The number of rotatable bonds is 4. The number of carbonyl (C=O) groups is 4. The zero-order chi connectivity index (χ0) is 43.7. The van der Waals surface area contributed by atoms with E-state index >= 15 is 0 Å². The van der Waals surface area contributed by atoms with Crippen LogP contribution in [0.1, 0.15) is 154 Å². The lowest BCUT2D eigenvalue weighted by Crippen LogP contribution is -2.19. The molecule has 0 atom stereocenters. The number of amides is 4. The van der Waals surface area contributed by atoms with Gasteiger partial charge < -0.3 is 22.9 Å². The van der Waals surface area contributed by atoms with Crippen molar-refractivity contribution in [1.82, 2.24) is 0 Å². The Bertz CT molecular complexity index is 2050. The van der Waals surface area contributed by atoms with Gasteiger partial charge in [-0.05, 0) is 92.4 Å². The van der Waals surface area contributed by atoms with Crippen LogP contribution >= 0.6 is 0 Å². The zero-order valence-electron chi connectivity index (χ0n) is 34.4. The number of halogens is 4. The normalized spacial score (nSPS) is 11.2. The van der Waals surface area contributed by atoms with E-state index in [1.807, 2.05) is 59.7 Å². The number of hydrogen-bond acceptors (Lipinski definition) is 4. The van der Waals surface area contributed by atoms with E-state index in [1.54, 1.807) is 32.9 Å². The van der Waals surface area contributed by atoms with Gasteiger partial charge in [0.2, 0.25) is 11.8 Å². The zero-order valence-corrected chi connectivity index (χ0v) is 34.4. The molecule has 4 amide bonds. The molecule has 4 aromatic carbocycles. The summed E-state index contributed by atoms with van der Waals surface area (Å²) in [6.07, 6.45) is 0. The third-order valence-electron chi connectivity index (χ3n) is 8.30. The van der Waals surface area contributed by atoms with Crippen LogP contribution in [0, 0.1) is 23.3 Å². The Morgan fingerprint density at radius 1 is 0.404 bits per heavy atom. The van der Waals surface area contributed by atoms with E-state index in [1.165, 1.54) is 36.4 Å². The minimum atomic E-state index is -0.923. The topological polar surface area (TPSA) is 172 Å². The van der Waals surface area contributed by atoms with Gasteiger partial charge in [0.05, 0.1) is 11.1 Å². The van der Waals surface area contributed by atoms with E-state index in [0.717, 1.165) is 11.1 Å². The molecule has 0 bridgehead atoms. The summed E-state index contributed by atoms with van der Waals surface area (Å²) >= 11 is 0. The molecule has 0 radical (unpaired) electrons. The number of nitrogens with two attached hydrogens (primary N) is 4. The minimum absolute atomic E-state index is 0. The van der Waals surface area contributed by atoms with E-state index in [0.29, 0.717) is 22.8 Å². The fraction of sp³-hybridized carbons (Fsp3) is 0.378. The smallest absolute Gasteiger partial charge is 0.251 e. The molecule has 0 saturated carbocycles. The van der Waals surface area contributed by atoms with Crippen LogP contribution in [0.4, 0.5) is 17.6 Å². The molecular formula is C45H60F4N4O4. The van der Waals surface area contributed by atoms with Gasteiger partial charge in [-0.3, -0.25) is 19.2 Å². The van der Waals surface area contributed by atoms with Gasteiger partial charge >= 0.3 is 0 Å². The second-order valence-electron chi connectivity index (χ2n) is 17.2. The highest BCUT2D eigenvalue weighted by Gasteiger charge is 2.23. The maximum atomic E-state index is 13.4. The van der Waals surface area contributed by atoms with E-state index in [2.05, 4.69) is 20.8 Å². The summed E-state index contributed by atoms with van der Waals surface area (Å²) in [5, 5.41) is 0. The largest absolute Gasteiger partial charge is 0.366 e. The van der Waals surface area contributed by atoms with Crippen LogP contribution in [0.2, 0.25) is 0 Å². The van der Waals surface area contributed by atoms with Gasteiger partial charge in [-0.2, -0.15) is 0 Å². The molecule has 0 saturated heterocycles. The van der Waals surface area contributed by atoms with Crippen molar-refractivity contribution in [3.05, 3.63) is 141 Å². The monoisotopic (exact) mass is 796 g/mol. The Labute approximate surface area is 335 Å². The summed E-state index contributed by atoms with van der Waals surface area (Å²) in [7, 11) is 0. The maximum Gasteiger partial charge on any atom is 0.251 e. The lowest BCUT2D eigenvalue weighted by atomic mass is 9.85. The standard InChI is InChI=1S/C11H13F2NO.2C11H14FNO.C11H15NO.CH4/c1-11(2,3)7-4-6(10(14)15)8(12)5-9(7)13;1-11(2,3)7-4-5-9(12)8(6-7)10(13)14;1-11(2,3)8-6-7(10(13)14)4-5-9(8)12;1-11(2,3)9-6-4-5-8(7-9)10(12)13;/h4-5H,1-3H3,(H2,14,15);2*4-6H,1-3H3,(H2,13,14);4-7H,1-3H3,(H2,12,13);1H4. The van der Waals surface area contributed by atoms with Crippen molar-refractivity contribution in [2.75, 3.05) is 0 Å². The van der Waals surface area contributed by atoms with Crippen LogP contribution in [-0.2, 0) is 21.7 Å². The molecule has 0 unspecified atom stereocenters. The Morgan fingerprint density at radius 2 is 0.807 bits per heavy atom. The second kappa shape index (κ2) is 20.1. The first kappa shape index (κ1) is 51.5. The molecule has 0 aliphatic rings. The number of carbonyl (C=O) groups excluding carboxylic acids is 4. The number of hydrogen-bond donors (Lipinski definition) is 4. The molecule has 0 fully saturated rings. The van der Waals surface area contributed by atoms with E-state index in [9.17, 15) is 36.7 Å². The van der Waals surface area contributed by atoms with Crippen LogP contribution in [-0.4, -0.2) is 23.6 Å². The summed E-state index contributed by atoms with van der Waals surface area (Å²) in [5.41, 5.74) is 22.9. The Morgan fingerprint density at radius 3 is 1.23 bits per heavy atom. The maximum absolute atomic E-state index is 13.4. The van der Waals surface area contributed by atoms with Crippen molar-refractivity contribution < 1.29 is 36.7 Å². The second-order valence-corrected chi connectivity index (χ2v) is 17.2. The minimum Gasteiger partial charge on any atom is -0.366 e. The van der Waals surface area contributed by atoms with E-state index < -0.39 is 40.6 Å². The summed E-state index contributed by atoms with van der Waals surface area (Å²) in [6, 6.07) is 18.0. The van der Waals surface area contributed by atoms with Gasteiger partial charge in [0.25, 0.3) is 11.8 Å². The molecular weight excluding hydrogens is 737 g/mol. The molecule has 0 spiro atoms. The van der Waals surface area contributed by atoms with Crippen LogP contribution in [0.3, 0.4) is 0 Å². The van der Waals surface area contributed by atoms with Gasteiger partial charge in [0.1, 0.15) is 23.3 Å². The van der Waals surface area contributed by atoms with Crippen LogP contribution < -0.4 is 22.9 Å². The Balaban J connectivity index is 0.000000730. The summed E-state index contributed by atoms with van der Waals surface area (Å²) in [6.45, 7) is 23.3. The molecule has 8 nitrogen and oxygen atoms in total. The van der Waals surface area contributed by atoms with Gasteiger partial charge in [-0.15, -0.1) is 0 Å². The molecule has 312 valence electrons. The number of benzene rings is 4. The van der Waals surface area contributed by atoms with Crippen LogP contribution in [0.25, 0.3) is 0 Å². The van der Waals surface area contributed by atoms with Gasteiger partial charge in [-0.1, -0.05) is 109 Å². The SMILES string of the molecule is C.CC(C)(C)c1cc(C(N)=O)c(F)cc1F.CC(C)(C)c1cc(C(N)=O)ccc1F.CC(C)(C)c1ccc(F)c(C(N)=O)c1.CC(C)(C)c1cccc(C(N)=O)c1. The molecule has 12 heteroatoms. The van der Waals surface area contributed by atoms with Crippen molar-refractivity contribution in [2.45, 2.75) is 112 Å². The summed E-state index contributed by atoms with van der Waals surface area (Å²) < 4.78 is 53.0. The highest BCUT2D eigenvalue weighted by atomic mass is 19.1. The predicted octanol–water partition coefficient (Wildman–Crippen LogP) is 9.52. The first-order valence-electron chi connectivity index (χ1n) is 17.7. The summed E-state index contributed by atoms with van der Waals surface area (Å²) in [5.74, 6) is -4.97. The molecule has 0 aromatic heterocycles. The number of primary amides is 4. The predicted molar refractivity (Wildman–Crippen MR) is 221 cm³/mol. The van der Waals surface area contributed by atoms with Crippen molar-refractivity contribution in [1.29, 1.82) is 0 Å². The quantitative estimate of drug-likeness (QED) is 0.151. The van der Waals surface area contributed by atoms with Crippen LogP contribution in [0.15, 0.2) is 72.8 Å². The molecule has 4 aromatic rings. The lowest BCUT2D eigenvalue weighted by molar-refractivity contribution is 0.0987. The molecule has 57 heavy (non-hydrogen) atoms. The van der Waals surface area contributed by atoms with Gasteiger partial charge in [-0.25, -0.2) is 17.6 Å². The lowest BCUT2D eigenvalue weighted by Gasteiger charge is -2.20. The fourth-order valence-corrected chi connectivity index (χ4v) is 4.89.